The smallest absolute Gasteiger partial charge is 0.0434 e. The molecule has 3 atom stereocenters. The van der Waals surface area contributed by atoms with Gasteiger partial charge in [-0.25, -0.2) is 0 Å². The Balaban J connectivity index is 2.32. The Kier molecular flexibility index (Phi) is 4.70. The first-order valence-corrected chi connectivity index (χ1v) is 5.35. The highest BCUT2D eigenvalue weighted by Gasteiger charge is 2.23. The van der Waals surface area contributed by atoms with Gasteiger partial charge in [0.05, 0.1) is 0 Å². The summed E-state index contributed by atoms with van der Waals surface area (Å²) in [5.74, 6) is 0.616. The number of aliphatic hydroxyl groups is 1. The molecular formula is C10H22N2O. The molecule has 0 aromatic carbocycles. The first-order chi connectivity index (χ1) is 6.27. The molecule has 1 rings (SSSR count). The van der Waals surface area contributed by atoms with Crippen molar-refractivity contribution in [2.24, 2.45) is 5.92 Å². The molecular weight excluding hydrogens is 164 g/mol. The van der Waals surface area contributed by atoms with Crippen LogP contribution in [0.15, 0.2) is 0 Å². The molecule has 13 heavy (non-hydrogen) atoms. The molecule has 0 amide bonds. The van der Waals surface area contributed by atoms with Crippen LogP contribution in [-0.4, -0.2) is 36.9 Å². The molecule has 78 valence electrons. The molecule has 3 heteroatoms. The van der Waals surface area contributed by atoms with Crippen molar-refractivity contribution in [2.75, 3.05) is 19.7 Å². The fourth-order valence-electron chi connectivity index (χ4n) is 1.99. The molecule has 0 bridgehead atoms. The Morgan fingerprint density at radius 1 is 1.38 bits per heavy atom. The van der Waals surface area contributed by atoms with Gasteiger partial charge in [0.15, 0.2) is 0 Å². The quantitative estimate of drug-likeness (QED) is 0.593. The maximum absolute atomic E-state index is 8.90. The standard InChI is InChI=1S/C10H22N2O/c1-3-9(4-5-13)10-7-11-8(2)6-12-10/h8-13H,3-7H2,1-2H3. The molecule has 1 saturated heterocycles. The Morgan fingerprint density at radius 2 is 2.15 bits per heavy atom. The van der Waals surface area contributed by atoms with Gasteiger partial charge in [-0.2, -0.15) is 0 Å². The van der Waals surface area contributed by atoms with E-state index < -0.39 is 0 Å². The topological polar surface area (TPSA) is 44.3 Å². The second-order valence-electron chi connectivity index (χ2n) is 4.00. The van der Waals surface area contributed by atoms with Gasteiger partial charge in [-0.05, 0) is 19.3 Å². The fourth-order valence-corrected chi connectivity index (χ4v) is 1.99. The summed E-state index contributed by atoms with van der Waals surface area (Å²) >= 11 is 0. The number of piperazine rings is 1. The van der Waals surface area contributed by atoms with Gasteiger partial charge in [0.25, 0.3) is 0 Å². The van der Waals surface area contributed by atoms with Gasteiger partial charge >= 0.3 is 0 Å². The lowest BCUT2D eigenvalue weighted by molar-refractivity contribution is 0.206. The van der Waals surface area contributed by atoms with E-state index in [0.29, 0.717) is 24.6 Å². The van der Waals surface area contributed by atoms with Gasteiger partial charge in [-0.3, -0.25) is 0 Å². The van der Waals surface area contributed by atoms with Gasteiger partial charge in [0.1, 0.15) is 0 Å². The molecule has 0 spiro atoms. The minimum atomic E-state index is 0.312. The predicted octanol–water partition coefficient (Wildman–Crippen LogP) is 0.345. The Bertz CT molecular complexity index is 133. The molecule has 0 aromatic heterocycles. The molecule has 0 aliphatic carbocycles. The van der Waals surface area contributed by atoms with Gasteiger partial charge in [-0.15, -0.1) is 0 Å². The van der Waals surface area contributed by atoms with E-state index in [9.17, 15) is 0 Å². The van der Waals surface area contributed by atoms with Crippen LogP contribution in [0.4, 0.5) is 0 Å². The summed E-state index contributed by atoms with van der Waals surface area (Å²) in [4.78, 5) is 0. The molecule has 3 unspecified atom stereocenters. The van der Waals surface area contributed by atoms with Crippen LogP contribution in [0.2, 0.25) is 0 Å². The van der Waals surface area contributed by atoms with Crippen LogP contribution in [-0.2, 0) is 0 Å². The van der Waals surface area contributed by atoms with Crippen molar-refractivity contribution >= 4 is 0 Å². The highest BCUT2D eigenvalue weighted by molar-refractivity contribution is 4.84. The molecule has 1 aliphatic heterocycles. The van der Waals surface area contributed by atoms with E-state index in [1.54, 1.807) is 0 Å². The summed E-state index contributed by atoms with van der Waals surface area (Å²) in [6.45, 7) is 6.79. The maximum atomic E-state index is 8.90. The molecule has 0 aromatic rings. The summed E-state index contributed by atoms with van der Waals surface area (Å²) in [6, 6.07) is 1.14. The van der Waals surface area contributed by atoms with Crippen LogP contribution in [0.5, 0.6) is 0 Å². The first-order valence-electron chi connectivity index (χ1n) is 5.35. The monoisotopic (exact) mass is 186 g/mol. The van der Waals surface area contributed by atoms with Crippen LogP contribution in [0.1, 0.15) is 26.7 Å². The zero-order valence-corrected chi connectivity index (χ0v) is 8.71. The molecule has 0 saturated carbocycles. The Labute approximate surface area is 80.9 Å². The second-order valence-corrected chi connectivity index (χ2v) is 4.00. The average Bonchev–Trinajstić information content (AvgIpc) is 2.16. The van der Waals surface area contributed by atoms with Gasteiger partial charge in [0, 0.05) is 31.8 Å². The summed E-state index contributed by atoms with van der Waals surface area (Å²) in [5.41, 5.74) is 0. The average molecular weight is 186 g/mol. The Morgan fingerprint density at radius 3 is 2.62 bits per heavy atom. The van der Waals surface area contributed by atoms with Crippen molar-refractivity contribution in [1.82, 2.24) is 10.6 Å². The number of aliphatic hydroxyl groups excluding tert-OH is 1. The summed E-state index contributed by atoms with van der Waals surface area (Å²) in [7, 11) is 0. The van der Waals surface area contributed by atoms with Gasteiger partial charge in [0.2, 0.25) is 0 Å². The van der Waals surface area contributed by atoms with E-state index in [0.717, 1.165) is 25.9 Å². The summed E-state index contributed by atoms with van der Waals surface area (Å²) in [6.07, 6.45) is 2.07. The largest absolute Gasteiger partial charge is 0.396 e. The lowest BCUT2D eigenvalue weighted by Gasteiger charge is -2.34. The lowest BCUT2D eigenvalue weighted by Crippen LogP contribution is -2.55. The normalized spacial score (nSPS) is 31.6. The Hall–Kier alpha value is -0.120. The molecule has 0 radical (unpaired) electrons. The molecule has 1 fully saturated rings. The zero-order valence-electron chi connectivity index (χ0n) is 8.71. The van der Waals surface area contributed by atoms with Crippen molar-refractivity contribution < 1.29 is 5.11 Å². The minimum Gasteiger partial charge on any atom is -0.396 e. The van der Waals surface area contributed by atoms with Crippen LogP contribution in [0, 0.1) is 5.92 Å². The van der Waals surface area contributed by atoms with Crippen molar-refractivity contribution in [2.45, 2.75) is 38.8 Å². The summed E-state index contributed by atoms with van der Waals surface area (Å²) < 4.78 is 0. The van der Waals surface area contributed by atoms with Crippen LogP contribution < -0.4 is 10.6 Å². The molecule has 1 aliphatic rings. The van der Waals surface area contributed by atoms with E-state index in [-0.39, 0.29) is 0 Å². The van der Waals surface area contributed by atoms with E-state index in [2.05, 4.69) is 24.5 Å². The van der Waals surface area contributed by atoms with Gasteiger partial charge in [-0.1, -0.05) is 13.3 Å². The van der Waals surface area contributed by atoms with Crippen LogP contribution >= 0.6 is 0 Å². The van der Waals surface area contributed by atoms with Crippen LogP contribution in [0.25, 0.3) is 0 Å². The fraction of sp³-hybridized carbons (Fsp3) is 1.00. The number of nitrogens with one attached hydrogen (secondary N) is 2. The number of rotatable bonds is 4. The van der Waals surface area contributed by atoms with Crippen molar-refractivity contribution in [3.63, 3.8) is 0 Å². The lowest BCUT2D eigenvalue weighted by atomic mass is 9.92. The summed E-state index contributed by atoms with van der Waals surface area (Å²) in [5, 5.41) is 15.9. The number of hydrogen-bond donors (Lipinski definition) is 3. The molecule has 3 N–H and O–H groups in total. The third-order valence-corrected chi connectivity index (χ3v) is 2.97. The highest BCUT2D eigenvalue weighted by Crippen LogP contribution is 2.14. The van der Waals surface area contributed by atoms with E-state index in [1.165, 1.54) is 0 Å². The maximum Gasteiger partial charge on any atom is 0.0434 e. The van der Waals surface area contributed by atoms with Gasteiger partial charge < -0.3 is 15.7 Å². The SMILES string of the molecule is CCC(CCO)C1CNC(C)CN1. The zero-order chi connectivity index (χ0) is 9.68. The third-order valence-electron chi connectivity index (χ3n) is 2.97. The second kappa shape index (κ2) is 5.58. The van der Waals surface area contributed by atoms with Crippen molar-refractivity contribution in [3.8, 4) is 0 Å². The molecule has 1 heterocycles. The minimum absolute atomic E-state index is 0.312. The van der Waals surface area contributed by atoms with Crippen molar-refractivity contribution in [1.29, 1.82) is 0 Å². The third kappa shape index (κ3) is 3.25. The predicted molar refractivity (Wildman–Crippen MR) is 54.7 cm³/mol. The van der Waals surface area contributed by atoms with E-state index in [1.807, 2.05) is 0 Å². The number of hydrogen-bond acceptors (Lipinski definition) is 3. The first kappa shape index (κ1) is 11.0. The highest BCUT2D eigenvalue weighted by atomic mass is 16.3. The van der Waals surface area contributed by atoms with Crippen molar-refractivity contribution in [3.05, 3.63) is 0 Å². The van der Waals surface area contributed by atoms with E-state index >= 15 is 0 Å². The molecule has 3 nitrogen and oxygen atoms in total. The van der Waals surface area contributed by atoms with Crippen LogP contribution in [0.3, 0.4) is 0 Å². The van der Waals surface area contributed by atoms with E-state index in [4.69, 9.17) is 5.11 Å².